The van der Waals surface area contributed by atoms with Crippen LogP contribution in [0.25, 0.3) is 0 Å². The predicted octanol–water partition coefficient (Wildman–Crippen LogP) is 7.47. The lowest BCUT2D eigenvalue weighted by atomic mass is 10.00. The van der Waals surface area contributed by atoms with Crippen LogP contribution in [0.15, 0.2) is 12.7 Å². The maximum absolute atomic E-state index is 10.8. The number of hydrogen-bond acceptors (Lipinski definition) is 2. The molecule has 0 radical (unpaired) electrons. The minimum atomic E-state index is 0.661. The minimum Gasteiger partial charge on any atom is -0.303 e. The van der Waals surface area contributed by atoms with E-state index >= 15 is 0 Å². The molecule has 158 valence electrons. The molecule has 1 aliphatic heterocycles. The summed E-state index contributed by atoms with van der Waals surface area (Å²) in [5, 5.41) is 0. The summed E-state index contributed by atoms with van der Waals surface area (Å²) in [6.07, 6.45) is 28.3. The third-order valence-electron chi connectivity index (χ3n) is 6.22. The van der Waals surface area contributed by atoms with Gasteiger partial charge in [-0.25, -0.2) is 0 Å². The third-order valence-corrected chi connectivity index (χ3v) is 6.22. The molecule has 1 heterocycles. The van der Waals surface area contributed by atoms with Gasteiger partial charge in [-0.05, 0) is 51.6 Å². The van der Waals surface area contributed by atoms with Crippen molar-refractivity contribution in [2.75, 3.05) is 13.1 Å². The van der Waals surface area contributed by atoms with Gasteiger partial charge in [-0.15, -0.1) is 6.58 Å². The van der Waals surface area contributed by atoms with E-state index in [1.54, 1.807) is 0 Å². The Hall–Kier alpha value is -0.630. The van der Waals surface area contributed by atoms with Crippen molar-refractivity contribution in [3.63, 3.8) is 0 Å². The van der Waals surface area contributed by atoms with Crippen molar-refractivity contribution in [1.82, 2.24) is 4.90 Å². The van der Waals surface area contributed by atoms with Gasteiger partial charge in [-0.1, -0.05) is 83.1 Å². The lowest BCUT2D eigenvalue weighted by molar-refractivity contribution is -0.108. The van der Waals surface area contributed by atoms with Gasteiger partial charge in [0, 0.05) is 12.5 Å². The number of hydrogen-bond donors (Lipinski definition) is 0. The van der Waals surface area contributed by atoms with Gasteiger partial charge in [0.25, 0.3) is 0 Å². The van der Waals surface area contributed by atoms with Gasteiger partial charge in [0.2, 0.25) is 0 Å². The van der Waals surface area contributed by atoms with Gasteiger partial charge < -0.3 is 9.69 Å². The van der Waals surface area contributed by atoms with Crippen molar-refractivity contribution < 1.29 is 4.79 Å². The van der Waals surface area contributed by atoms with Crippen molar-refractivity contribution in [3.8, 4) is 0 Å². The molecule has 1 aliphatic rings. The summed E-state index contributed by atoms with van der Waals surface area (Å²) in [5.74, 6) is 0. The van der Waals surface area contributed by atoms with E-state index < -0.39 is 0 Å². The van der Waals surface area contributed by atoms with Gasteiger partial charge in [-0.2, -0.15) is 0 Å². The van der Waals surface area contributed by atoms with Crippen LogP contribution in [0.4, 0.5) is 0 Å². The van der Waals surface area contributed by atoms with Crippen LogP contribution in [0.2, 0.25) is 0 Å². The molecule has 2 nitrogen and oxygen atoms in total. The van der Waals surface area contributed by atoms with Crippen LogP contribution in [-0.4, -0.2) is 30.3 Å². The normalized spacial score (nSPS) is 16.7. The van der Waals surface area contributed by atoms with Crippen LogP contribution in [0.3, 0.4) is 0 Å². The van der Waals surface area contributed by atoms with E-state index in [2.05, 4.69) is 11.5 Å². The van der Waals surface area contributed by atoms with Crippen molar-refractivity contribution in [1.29, 1.82) is 0 Å². The Labute approximate surface area is 170 Å². The zero-order valence-corrected chi connectivity index (χ0v) is 18.1. The standard InChI is InChI=1S/C25H47NO/c1-2-3-4-5-6-7-8-9-10-11-12-13-16-20-25(21-19-24-27)26-22-17-14-15-18-23-26/h2,24-25H,1,3-23H2. The highest BCUT2D eigenvalue weighted by atomic mass is 16.1. The Morgan fingerprint density at radius 2 is 1.19 bits per heavy atom. The molecule has 0 aromatic heterocycles. The van der Waals surface area contributed by atoms with Crippen LogP contribution in [-0.2, 0) is 4.79 Å². The second-order valence-electron chi connectivity index (χ2n) is 8.60. The fourth-order valence-electron chi connectivity index (χ4n) is 4.49. The molecule has 0 spiro atoms. The number of rotatable bonds is 18. The highest BCUT2D eigenvalue weighted by molar-refractivity contribution is 5.49. The molecule has 1 saturated heterocycles. The molecule has 1 rings (SSSR count). The number of unbranched alkanes of at least 4 members (excludes halogenated alkanes) is 11. The summed E-state index contributed by atoms with van der Waals surface area (Å²) >= 11 is 0. The summed E-state index contributed by atoms with van der Waals surface area (Å²) in [6, 6.07) is 0.661. The van der Waals surface area contributed by atoms with E-state index in [1.807, 2.05) is 6.08 Å². The Morgan fingerprint density at radius 3 is 1.70 bits per heavy atom. The second-order valence-corrected chi connectivity index (χ2v) is 8.60. The van der Waals surface area contributed by atoms with E-state index in [1.165, 1.54) is 122 Å². The number of allylic oxidation sites excluding steroid dienone is 1. The Bertz CT molecular complexity index is 333. The zero-order chi connectivity index (χ0) is 19.4. The topological polar surface area (TPSA) is 20.3 Å². The first-order valence-corrected chi connectivity index (χ1v) is 12.2. The van der Waals surface area contributed by atoms with Crippen molar-refractivity contribution in [2.24, 2.45) is 0 Å². The van der Waals surface area contributed by atoms with Gasteiger partial charge in [0.05, 0.1) is 0 Å². The Morgan fingerprint density at radius 1 is 0.667 bits per heavy atom. The highest BCUT2D eigenvalue weighted by Gasteiger charge is 2.18. The zero-order valence-electron chi connectivity index (χ0n) is 18.1. The average molecular weight is 378 g/mol. The van der Waals surface area contributed by atoms with E-state index in [9.17, 15) is 4.79 Å². The smallest absolute Gasteiger partial charge is 0.120 e. The van der Waals surface area contributed by atoms with Gasteiger partial charge >= 0.3 is 0 Å². The van der Waals surface area contributed by atoms with E-state index in [0.717, 1.165) is 19.1 Å². The number of likely N-dealkylation sites (tertiary alicyclic amines) is 1. The molecule has 0 saturated carbocycles. The van der Waals surface area contributed by atoms with E-state index in [0.29, 0.717) is 6.04 Å². The molecule has 0 N–H and O–H groups in total. The first-order valence-electron chi connectivity index (χ1n) is 12.2. The molecule has 1 fully saturated rings. The predicted molar refractivity (Wildman–Crippen MR) is 119 cm³/mol. The van der Waals surface area contributed by atoms with Crippen molar-refractivity contribution >= 4 is 6.29 Å². The molecule has 0 amide bonds. The van der Waals surface area contributed by atoms with E-state index in [-0.39, 0.29) is 0 Å². The van der Waals surface area contributed by atoms with Crippen molar-refractivity contribution in [2.45, 2.75) is 128 Å². The van der Waals surface area contributed by atoms with Crippen LogP contribution < -0.4 is 0 Å². The molecule has 27 heavy (non-hydrogen) atoms. The molecular formula is C25H47NO. The highest BCUT2D eigenvalue weighted by Crippen LogP contribution is 2.20. The number of aldehydes is 1. The monoisotopic (exact) mass is 377 g/mol. The number of nitrogens with zero attached hydrogens (tertiary/aromatic N) is 1. The van der Waals surface area contributed by atoms with Crippen LogP contribution in [0.1, 0.15) is 122 Å². The van der Waals surface area contributed by atoms with Crippen LogP contribution in [0, 0.1) is 0 Å². The average Bonchev–Trinajstić information content (AvgIpc) is 2.97. The molecule has 2 heteroatoms. The fourth-order valence-corrected chi connectivity index (χ4v) is 4.49. The SMILES string of the molecule is C=CCCCCCCCCCCCCCC(CCC=O)N1CCCCCC1. The maximum atomic E-state index is 10.8. The molecule has 0 bridgehead atoms. The minimum absolute atomic E-state index is 0.661. The molecular weight excluding hydrogens is 330 g/mol. The Kier molecular flexibility index (Phi) is 16.9. The molecule has 1 atom stereocenters. The largest absolute Gasteiger partial charge is 0.303 e. The van der Waals surface area contributed by atoms with Gasteiger partial charge in [-0.3, -0.25) is 0 Å². The summed E-state index contributed by atoms with van der Waals surface area (Å²) in [4.78, 5) is 13.5. The molecule has 0 aliphatic carbocycles. The van der Waals surface area contributed by atoms with Crippen molar-refractivity contribution in [3.05, 3.63) is 12.7 Å². The summed E-state index contributed by atoms with van der Waals surface area (Å²) in [5.41, 5.74) is 0. The summed E-state index contributed by atoms with van der Waals surface area (Å²) in [7, 11) is 0. The number of carbonyl (C=O) groups is 1. The summed E-state index contributed by atoms with van der Waals surface area (Å²) < 4.78 is 0. The fraction of sp³-hybridized carbons (Fsp3) is 0.880. The van der Waals surface area contributed by atoms with Crippen LogP contribution >= 0.6 is 0 Å². The first kappa shape index (κ1) is 24.4. The quantitative estimate of drug-likeness (QED) is 0.140. The molecule has 0 aromatic carbocycles. The second kappa shape index (κ2) is 18.7. The Balaban J connectivity index is 1.98. The van der Waals surface area contributed by atoms with E-state index in [4.69, 9.17) is 0 Å². The van der Waals surface area contributed by atoms with Gasteiger partial charge in [0.1, 0.15) is 6.29 Å². The first-order chi connectivity index (χ1) is 13.4. The van der Waals surface area contributed by atoms with Crippen LogP contribution in [0.5, 0.6) is 0 Å². The number of carbonyl (C=O) groups excluding carboxylic acids is 1. The lowest BCUT2D eigenvalue weighted by Crippen LogP contribution is -2.36. The maximum Gasteiger partial charge on any atom is 0.120 e. The van der Waals surface area contributed by atoms with Gasteiger partial charge in [0.15, 0.2) is 0 Å². The summed E-state index contributed by atoms with van der Waals surface area (Å²) in [6.45, 7) is 6.31. The lowest BCUT2D eigenvalue weighted by Gasteiger charge is -2.30. The third kappa shape index (κ3) is 14.1. The molecule has 1 unspecified atom stereocenters. The molecule has 0 aromatic rings.